The highest BCUT2D eigenvalue weighted by atomic mass is 16.4. The molecule has 1 aliphatic carbocycles. The number of carboxylic acid groups (broad SMARTS) is 1. The van der Waals surface area contributed by atoms with Gasteiger partial charge in [-0.2, -0.15) is 0 Å². The van der Waals surface area contributed by atoms with Crippen molar-refractivity contribution in [2.75, 3.05) is 0 Å². The first-order chi connectivity index (χ1) is 8.98. The number of aromatic carboxylic acids is 1. The molecule has 110 valence electrons. The smallest absolute Gasteiger partial charge is 0.335 e. The number of hydrogen-bond acceptors (Lipinski definition) is 1. The Labute approximate surface area is 122 Å². The molecule has 1 aromatic rings. The van der Waals surface area contributed by atoms with Crippen LogP contribution in [0.5, 0.6) is 0 Å². The van der Waals surface area contributed by atoms with Gasteiger partial charge in [0, 0.05) is 0 Å². The summed E-state index contributed by atoms with van der Waals surface area (Å²) in [5, 5.41) is 9.17. The van der Waals surface area contributed by atoms with Crippen LogP contribution in [0.2, 0.25) is 0 Å². The molecule has 0 saturated heterocycles. The number of fused-ring (bicyclic) bond motifs is 1. The van der Waals surface area contributed by atoms with Gasteiger partial charge in [0.2, 0.25) is 0 Å². The Hall–Kier alpha value is -1.31. The Morgan fingerprint density at radius 3 is 1.95 bits per heavy atom. The van der Waals surface area contributed by atoms with Gasteiger partial charge in [0.15, 0.2) is 0 Å². The van der Waals surface area contributed by atoms with E-state index in [-0.39, 0.29) is 16.2 Å². The second-order valence-electron chi connectivity index (χ2n) is 8.22. The number of hydrogen-bond donors (Lipinski definition) is 1. The molecule has 0 aliphatic heterocycles. The lowest BCUT2D eigenvalue weighted by atomic mass is 9.52. The first-order valence-electron chi connectivity index (χ1n) is 7.33. The van der Waals surface area contributed by atoms with Crippen LogP contribution < -0.4 is 0 Å². The molecule has 0 spiro atoms. The predicted molar refractivity (Wildman–Crippen MR) is 82.2 cm³/mol. The highest BCUT2D eigenvalue weighted by molar-refractivity contribution is 5.88. The summed E-state index contributed by atoms with van der Waals surface area (Å²) in [5.41, 5.74) is 3.46. The van der Waals surface area contributed by atoms with Crippen LogP contribution in [0, 0.1) is 16.2 Å². The van der Waals surface area contributed by atoms with E-state index in [1.165, 1.54) is 11.1 Å². The van der Waals surface area contributed by atoms with E-state index in [4.69, 9.17) is 5.11 Å². The Morgan fingerprint density at radius 1 is 1.00 bits per heavy atom. The van der Waals surface area contributed by atoms with Gasteiger partial charge in [0.1, 0.15) is 0 Å². The molecule has 0 unspecified atom stereocenters. The van der Waals surface area contributed by atoms with Crippen LogP contribution in [0.4, 0.5) is 0 Å². The minimum absolute atomic E-state index is 0.166. The van der Waals surface area contributed by atoms with E-state index in [1.807, 2.05) is 12.1 Å². The van der Waals surface area contributed by atoms with E-state index in [2.05, 4.69) is 41.5 Å². The van der Waals surface area contributed by atoms with Crippen molar-refractivity contribution in [3.05, 3.63) is 34.9 Å². The lowest BCUT2D eigenvalue weighted by Crippen LogP contribution is -2.47. The predicted octanol–water partition coefficient (Wildman–Crippen LogP) is 4.56. The standard InChI is InChI=1S/C18H26O2/c1-16(2,3)18(17(4,5)6)10-13-8-7-12(15(19)20)9-14(13)11-18/h7-9H,10-11H2,1-6H3,(H,19,20). The van der Waals surface area contributed by atoms with Gasteiger partial charge in [-0.15, -0.1) is 0 Å². The lowest BCUT2D eigenvalue weighted by Gasteiger charge is -2.52. The van der Waals surface area contributed by atoms with Crippen molar-refractivity contribution in [3.63, 3.8) is 0 Å². The molecule has 1 N–H and O–H groups in total. The largest absolute Gasteiger partial charge is 0.478 e. The summed E-state index contributed by atoms with van der Waals surface area (Å²) < 4.78 is 0. The van der Waals surface area contributed by atoms with E-state index in [9.17, 15) is 4.79 Å². The molecule has 0 bridgehead atoms. The van der Waals surface area contributed by atoms with Gasteiger partial charge >= 0.3 is 5.97 Å². The van der Waals surface area contributed by atoms with Gasteiger partial charge in [0.25, 0.3) is 0 Å². The number of carbonyl (C=O) groups is 1. The molecular weight excluding hydrogens is 248 g/mol. The molecular formula is C18H26O2. The summed E-state index contributed by atoms with van der Waals surface area (Å²) in [4.78, 5) is 11.2. The van der Waals surface area contributed by atoms with Gasteiger partial charge in [-0.1, -0.05) is 47.6 Å². The van der Waals surface area contributed by atoms with E-state index in [0.29, 0.717) is 5.56 Å². The molecule has 0 fully saturated rings. The molecule has 2 nitrogen and oxygen atoms in total. The normalized spacial score (nSPS) is 17.9. The molecule has 0 heterocycles. The lowest BCUT2D eigenvalue weighted by molar-refractivity contribution is -0.0221. The van der Waals surface area contributed by atoms with E-state index in [1.54, 1.807) is 6.07 Å². The van der Waals surface area contributed by atoms with Crippen LogP contribution in [0.3, 0.4) is 0 Å². The van der Waals surface area contributed by atoms with E-state index < -0.39 is 5.97 Å². The van der Waals surface area contributed by atoms with Crippen molar-refractivity contribution in [2.45, 2.75) is 54.4 Å². The van der Waals surface area contributed by atoms with Gasteiger partial charge < -0.3 is 5.11 Å². The summed E-state index contributed by atoms with van der Waals surface area (Å²) in [6.45, 7) is 13.8. The van der Waals surface area contributed by atoms with Crippen molar-refractivity contribution in [3.8, 4) is 0 Å². The fourth-order valence-corrected chi connectivity index (χ4v) is 3.99. The maximum absolute atomic E-state index is 11.2. The fraction of sp³-hybridized carbons (Fsp3) is 0.611. The zero-order chi connectivity index (χ0) is 15.3. The Balaban J connectivity index is 2.51. The molecule has 0 amide bonds. The van der Waals surface area contributed by atoms with Crippen LogP contribution in [-0.4, -0.2) is 11.1 Å². The quantitative estimate of drug-likeness (QED) is 0.815. The highest BCUT2D eigenvalue weighted by Gasteiger charge is 2.53. The van der Waals surface area contributed by atoms with Gasteiger partial charge in [-0.05, 0) is 52.3 Å². The van der Waals surface area contributed by atoms with Crippen molar-refractivity contribution >= 4 is 5.97 Å². The monoisotopic (exact) mass is 274 g/mol. The summed E-state index contributed by atoms with van der Waals surface area (Å²) >= 11 is 0. The van der Waals surface area contributed by atoms with E-state index in [0.717, 1.165) is 12.8 Å². The van der Waals surface area contributed by atoms with Crippen LogP contribution in [0.15, 0.2) is 18.2 Å². The van der Waals surface area contributed by atoms with Crippen LogP contribution >= 0.6 is 0 Å². The number of benzene rings is 1. The number of carboxylic acids is 1. The summed E-state index contributed by atoms with van der Waals surface area (Å²) in [5.74, 6) is -0.836. The first kappa shape index (κ1) is 15.1. The van der Waals surface area contributed by atoms with Crippen molar-refractivity contribution in [1.29, 1.82) is 0 Å². The molecule has 2 rings (SSSR count). The fourth-order valence-electron chi connectivity index (χ4n) is 3.99. The van der Waals surface area contributed by atoms with Gasteiger partial charge in [-0.25, -0.2) is 4.79 Å². The maximum atomic E-state index is 11.2. The molecule has 1 aromatic carbocycles. The van der Waals surface area contributed by atoms with Crippen molar-refractivity contribution in [2.24, 2.45) is 16.2 Å². The third-order valence-corrected chi connectivity index (χ3v) is 5.31. The number of rotatable bonds is 1. The van der Waals surface area contributed by atoms with Crippen LogP contribution in [0.1, 0.15) is 63.0 Å². The average molecular weight is 274 g/mol. The molecule has 20 heavy (non-hydrogen) atoms. The Kier molecular flexibility index (Phi) is 3.27. The zero-order valence-corrected chi connectivity index (χ0v) is 13.5. The van der Waals surface area contributed by atoms with Gasteiger partial charge in [0.05, 0.1) is 5.56 Å². The second kappa shape index (κ2) is 4.34. The third kappa shape index (κ3) is 2.15. The maximum Gasteiger partial charge on any atom is 0.335 e. The molecule has 0 saturated carbocycles. The van der Waals surface area contributed by atoms with Crippen molar-refractivity contribution < 1.29 is 9.90 Å². The topological polar surface area (TPSA) is 37.3 Å². The van der Waals surface area contributed by atoms with E-state index >= 15 is 0 Å². The second-order valence-corrected chi connectivity index (χ2v) is 8.22. The third-order valence-electron chi connectivity index (χ3n) is 5.31. The Bertz CT molecular complexity index is 528. The minimum atomic E-state index is -0.836. The molecule has 1 aliphatic rings. The summed E-state index contributed by atoms with van der Waals surface area (Å²) in [6, 6.07) is 5.62. The molecule has 0 atom stereocenters. The summed E-state index contributed by atoms with van der Waals surface area (Å²) in [7, 11) is 0. The van der Waals surface area contributed by atoms with Crippen LogP contribution in [0.25, 0.3) is 0 Å². The molecule has 0 radical (unpaired) electrons. The highest BCUT2D eigenvalue weighted by Crippen LogP contribution is 2.58. The first-order valence-corrected chi connectivity index (χ1v) is 7.33. The zero-order valence-electron chi connectivity index (χ0n) is 13.5. The molecule has 2 heteroatoms. The Morgan fingerprint density at radius 2 is 1.50 bits per heavy atom. The average Bonchev–Trinajstić information content (AvgIpc) is 2.66. The molecule has 0 aromatic heterocycles. The SMILES string of the molecule is CC(C)(C)C1(C(C)(C)C)Cc2ccc(C(=O)O)cc2C1. The summed E-state index contributed by atoms with van der Waals surface area (Å²) in [6.07, 6.45) is 2.01. The van der Waals surface area contributed by atoms with Gasteiger partial charge in [-0.3, -0.25) is 0 Å². The van der Waals surface area contributed by atoms with Crippen molar-refractivity contribution in [1.82, 2.24) is 0 Å². The van der Waals surface area contributed by atoms with Crippen LogP contribution in [-0.2, 0) is 12.8 Å². The minimum Gasteiger partial charge on any atom is -0.478 e.